The SMILES string of the molecule is C#CCOCc1c(C)nc2c(NCc3ccccc3Cl)cccn12. The molecule has 3 aromatic rings. The Balaban J connectivity index is 1.85. The molecule has 0 radical (unpaired) electrons. The van der Waals surface area contributed by atoms with E-state index in [1.165, 1.54) is 0 Å². The fraction of sp³-hybridized carbons (Fsp3) is 0.211. The summed E-state index contributed by atoms with van der Waals surface area (Å²) in [6, 6.07) is 11.8. The van der Waals surface area contributed by atoms with Gasteiger partial charge in [-0.25, -0.2) is 4.98 Å². The molecule has 0 fully saturated rings. The first-order valence-electron chi connectivity index (χ1n) is 7.65. The summed E-state index contributed by atoms with van der Waals surface area (Å²) in [5, 5.41) is 4.16. The highest BCUT2D eigenvalue weighted by atomic mass is 35.5. The minimum atomic E-state index is 0.289. The highest BCUT2D eigenvalue weighted by Gasteiger charge is 2.12. The van der Waals surface area contributed by atoms with Gasteiger partial charge in [0.15, 0.2) is 5.65 Å². The van der Waals surface area contributed by atoms with E-state index in [-0.39, 0.29) is 6.61 Å². The van der Waals surface area contributed by atoms with Crippen LogP contribution in [0.3, 0.4) is 0 Å². The third-order valence-corrected chi connectivity index (χ3v) is 4.17. The number of nitrogens with one attached hydrogen (secondary N) is 1. The van der Waals surface area contributed by atoms with Crippen molar-refractivity contribution in [3.05, 3.63) is 64.6 Å². The first-order chi connectivity index (χ1) is 11.7. The minimum Gasteiger partial charge on any atom is -0.378 e. The average Bonchev–Trinajstić information content (AvgIpc) is 2.91. The number of pyridine rings is 1. The number of aromatic nitrogens is 2. The number of nitrogens with zero attached hydrogens (tertiary/aromatic N) is 2. The second kappa shape index (κ2) is 7.39. The van der Waals surface area contributed by atoms with Crippen molar-refractivity contribution in [3.63, 3.8) is 0 Å². The van der Waals surface area contributed by atoms with Crippen LogP contribution in [0.25, 0.3) is 5.65 Å². The van der Waals surface area contributed by atoms with Gasteiger partial charge >= 0.3 is 0 Å². The fourth-order valence-electron chi connectivity index (χ4n) is 2.58. The lowest BCUT2D eigenvalue weighted by Gasteiger charge is -2.10. The van der Waals surface area contributed by atoms with E-state index in [9.17, 15) is 0 Å². The lowest BCUT2D eigenvalue weighted by molar-refractivity contribution is 0.149. The molecule has 3 rings (SSSR count). The van der Waals surface area contributed by atoms with Crippen LogP contribution in [0.1, 0.15) is 17.0 Å². The molecule has 0 spiro atoms. The maximum Gasteiger partial charge on any atom is 0.160 e. The van der Waals surface area contributed by atoms with E-state index in [1.807, 2.05) is 53.9 Å². The Hall–Kier alpha value is -2.48. The van der Waals surface area contributed by atoms with Crippen LogP contribution in [0.5, 0.6) is 0 Å². The lowest BCUT2D eigenvalue weighted by atomic mass is 10.2. The van der Waals surface area contributed by atoms with Crippen LogP contribution < -0.4 is 5.32 Å². The van der Waals surface area contributed by atoms with Crippen LogP contribution in [0, 0.1) is 19.3 Å². The standard InChI is InChI=1S/C19H18ClN3O/c1-3-11-24-13-18-14(2)22-19-17(9-6-10-23(18)19)21-12-15-7-4-5-8-16(15)20/h1,4-10,21H,11-13H2,2H3. The molecule has 2 aromatic heterocycles. The molecule has 0 aliphatic carbocycles. The third-order valence-electron chi connectivity index (χ3n) is 3.80. The Kier molecular flexibility index (Phi) is 5.05. The molecule has 0 saturated carbocycles. The molecule has 0 aliphatic rings. The number of ether oxygens (including phenoxy) is 1. The van der Waals surface area contributed by atoms with Gasteiger partial charge in [0.1, 0.15) is 6.61 Å². The zero-order valence-corrected chi connectivity index (χ0v) is 14.2. The number of aryl methyl sites for hydroxylation is 1. The Morgan fingerprint density at radius 2 is 2.12 bits per heavy atom. The van der Waals surface area contributed by atoms with Crippen LogP contribution in [-0.4, -0.2) is 16.0 Å². The molecule has 24 heavy (non-hydrogen) atoms. The van der Waals surface area contributed by atoms with Crippen LogP contribution in [0.2, 0.25) is 5.02 Å². The molecule has 122 valence electrons. The second-order valence-electron chi connectivity index (χ2n) is 5.40. The number of halogens is 1. The van der Waals surface area contributed by atoms with Crippen LogP contribution in [0.4, 0.5) is 5.69 Å². The van der Waals surface area contributed by atoms with Gasteiger partial charge in [-0.3, -0.25) is 4.40 Å². The van der Waals surface area contributed by atoms with Crippen molar-refractivity contribution < 1.29 is 4.74 Å². The van der Waals surface area contributed by atoms with Gasteiger partial charge in [0, 0.05) is 17.8 Å². The summed E-state index contributed by atoms with van der Waals surface area (Å²) in [6.07, 6.45) is 7.21. The third kappa shape index (κ3) is 3.38. The predicted octanol–water partition coefficient (Wildman–Crippen LogP) is 4.06. The van der Waals surface area contributed by atoms with Gasteiger partial charge in [-0.15, -0.1) is 6.42 Å². The monoisotopic (exact) mass is 339 g/mol. The van der Waals surface area contributed by atoms with Crippen molar-refractivity contribution in [1.29, 1.82) is 0 Å². The van der Waals surface area contributed by atoms with Crippen molar-refractivity contribution in [3.8, 4) is 12.3 Å². The second-order valence-corrected chi connectivity index (χ2v) is 5.81. The summed E-state index contributed by atoms with van der Waals surface area (Å²) in [4.78, 5) is 4.66. The number of terminal acetylenes is 1. The van der Waals surface area contributed by atoms with Crippen molar-refractivity contribution in [1.82, 2.24) is 9.38 Å². The molecule has 4 nitrogen and oxygen atoms in total. The number of benzene rings is 1. The maximum atomic E-state index is 6.22. The molecule has 1 N–H and O–H groups in total. The number of hydrogen-bond donors (Lipinski definition) is 1. The number of anilines is 1. The van der Waals surface area contributed by atoms with Gasteiger partial charge in [0.05, 0.1) is 23.7 Å². The summed E-state index contributed by atoms with van der Waals surface area (Å²) < 4.78 is 7.49. The molecule has 0 unspecified atom stereocenters. The molecule has 0 amide bonds. The number of imidazole rings is 1. The van der Waals surface area contributed by atoms with E-state index in [1.54, 1.807) is 0 Å². The first kappa shape index (κ1) is 16.4. The van der Waals surface area contributed by atoms with Gasteiger partial charge < -0.3 is 10.1 Å². The maximum absolute atomic E-state index is 6.22. The summed E-state index contributed by atoms with van der Waals surface area (Å²) in [5.41, 5.74) is 4.78. The predicted molar refractivity (Wildman–Crippen MR) is 97.2 cm³/mol. The quantitative estimate of drug-likeness (QED) is 0.543. The highest BCUT2D eigenvalue weighted by Crippen LogP contribution is 2.22. The molecule has 0 atom stereocenters. The molecule has 0 aliphatic heterocycles. The largest absolute Gasteiger partial charge is 0.378 e. The summed E-state index contributed by atoms with van der Waals surface area (Å²) in [5.74, 6) is 2.48. The fourth-order valence-corrected chi connectivity index (χ4v) is 2.78. The molecule has 1 aromatic carbocycles. The average molecular weight is 340 g/mol. The van der Waals surface area contributed by atoms with Gasteiger partial charge in [-0.2, -0.15) is 0 Å². The Bertz CT molecular complexity index is 895. The van der Waals surface area contributed by atoms with E-state index in [0.29, 0.717) is 13.2 Å². The molecular formula is C19H18ClN3O. The molecule has 0 bridgehead atoms. The zero-order valence-electron chi connectivity index (χ0n) is 13.4. The first-order valence-corrected chi connectivity index (χ1v) is 8.03. The Labute approximate surface area is 146 Å². The molecule has 2 heterocycles. The summed E-state index contributed by atoms with van der Waals surface area (Å²) in [7, 11) is 0. The van der Waals surface area contributed by atoms with E-state index < -0.39 is 0 Å². The van der Waals surface area contributed by atoms with E-state index in [0.717, 1.165) is 33.3 Å². The van der Waals surface area contributed by atoms with Crippen LogP contribution >= 0.6 is 11.6 Å². The molecular weight excluding hydrogens is 322 g/mol. The topological polar surface area (TPSA) is 38.6 Å². The van der Waals surface area contributed by atoms with Crippen molar-refractivity contribution in [2.75, 3.05) is 11.9 Å². The highest BCUT2D eigenvalue weighted by molar-refractivity contribution is 6.31. The van der Waals surface area contributed by atoms with E-state index in [2.05, 4.69) is 16.2 Å². The van der Waals surface area contributed by atoms with E-state index in [4.69, 9.17) is 22.8 Å². The van der Waals surface area contributed by atoms with E-state index >= 15 is 0 Å². The normalized spacial score (nSPS) is 10.7. The molecule has 5 heteroatoms. The van der Waals surface area contributed by atoms with Gasteiger partial charge in [0.25, 0.3) is 0 Å². The van der Waals surface area contributed by atoms with Crippen molar-refractivity contribution in [2.24, 2.45) is 0 Å². The zero-order chi connectivity index (χ0) is 16.9. The Morgan fingerprint density at radius 1 is 1.29 bits per heavy atom. The summed E-state index contributed by atoms with van der Waals surface area (Å²) >= 11 is 6.22. The van der Waals surface area contributed by atoms with Crippen molar-refractivity contribution in [2.45, 2.75) is 20.1 Å². The van der Waals surface area contributed by atoms with Gasteiger partial charge in [-0.1, -0.05) is 35.7 Å². The minimum absolute atomic E-state index is 0.289. The number of hydrogen-bond acceptors (Lipinski definition) is 3. The van der Waals surface area contributed by atoms with Crippen LogP contribution in [0.15, 0.2) is 42.6 Å². The smallest absolute Gasteiger partial charge is 0.160 e. The van der Waals surface area contributed by atoms with Crippen molar-refractivity contribution >= 4 is 22.9 Å². The Morgan fingerprint density at radius 3 is 2.92 bits per heavy atom. The summed E-state index contributed by atoms with van der Waals surface area (Å²) in [6.45, 7) is 3.33. The number of fused-ring (bicyclic) bond motifs is 1. The van der Waals surface area contributed by atoms with Gasteiger partial charge in [-0.05, 0) is 30.7 Å². The lowest BCUT2D eigenvalue weighted by Crippen LogP contribution is -2.03. The van der Waals surface area contributed by atoms with Crippen LogP contribution in [-0.2, 0) is 17.9 Å². The number of rotatable bonds is 6. The van der Waals surface area contributed by atoms with Gasteiger partial charge in [0.2, 0.25) is 0 Å². The molecule has 0 saturated heterocycles.